The van der Waals surface area contributed by atoms with E-state index in [4.69, 9.17) is 5.11 Å². The highest BCUT2D eigenvalue weighted by Gasteiger charge is 2.07. The Morgan fingerprint density at radius 2 is 2.19 bits per heavy atom. The van der Waals surface area contributed by atoms with Gasteiger partial charge in [0.15, 0.2) is 0 Å². The van der Waals surface area contributed by atoms with E-state index in [1.54, 1.807) is 6.92 Å². The normalized spacial score (nSPS) is 9.81. The van der Waals surface area contributed by atoms with Gasteiger partial charge in [-0.05, 0) is 13.0 Å². The summed E-state index contributed by atoms with van der Waals surface area (Å²) in [5, 5.41) is 11.2. The van der Waals surface area contributed by atoms with E-state index in [9.17, 15) is 14.4 Å². The highest BCUT2D eigenvalue weighted by Crippen LogP contribution is 1.94. The smallest absolute Gasteiger partial charge is 0.335 e. The minimum atomic E-state index is -1.16. The average molecular weight is 224 g/mol. The van der Waals surface area contributed by atoms with Crippen molar-refractivity contribution in [2.24, 2.45) is 0 Å². The Morgan fingerprint density at radius 1 is 1.50 bits per heavy atom. The largest absolute Gasteiger partial charge is 0.478 e. The molecule has 1 aromatic rings. The predicted octanol–water partition coefficient (Wildman–Crippen LogP) is -0.317. The fraction of sp³-hybridized carbons (Fsp3) is 0.300. The van der Waals surface area contributed by atoms with Gasteiger partial charge < -0.3 is 15.0 Å². The lowest BCUT2D eigenvalue weighted by atomic mass is 10.3. The molecule has 0 radical (unpaired) electrons. The number of hydrogen-bond acceptors (Lipinski definition) is 3. The number of carboxylic acids is 1. The van der Waals surface area contributed by atoms with E-state index in [1.165, 1.54) is 12.3 Å². The van der Waals surface area contributed by atoms with Gasteiger partial charge in [0, 0.05) is 18.8 Å². The number of carbonyl (C=O) groups is 2. The first-order valence-electron chi connectivity index (χ1n) is 4.75. The van der Waals surface area contributed by atoms with Gasteiger partial charge in [-0.25, -0.2) is 4.79 Å². The standard InChI is InChI=1S/C10H12N2O4/c1-2-11-8(13)6-12-4-3-7(10(15)16)5-9(12)14/h3-5H,2,6H2,1H3,(H,11,13)(H,15,16). The van der Waals surface area contributed by atoms with Crippen molar-refractivity contribution in [1.82, 2.24) is 9.88 Å². The van der Waals surface area contributed by atoms with E-state index in [0.717, 1.165) is 10.6 Å². The summed E-state index contributed by atoms with van der Waals surface area (Å²) in [6.45, 7) is 2.15. The summed E-state index contributed by atoms with van der Waals surface area (Å²) in [7, 11) is 0. The van der Waals surface area contributed by atoms with Crippen LogP contribution in [0.2, 0.25) is 0 Å². The molecule has 0 saturated heterocycles. The lowest BCUT2D eigenvalue weighted by Crippen LogP contribution is -2.31. The number of pyridine rings is 1. The van der Waals surface area contributed by atoms with Crippen LogP contribution in [0.4, 0.5) is 0 Å². The first-order valence-corrected chi connectivity index (χ1v) is 4.75. The van der Waals surface area contributed by atoms with Gasteiger partial charge in [0.25, 0.3) is 5.56 Å². The molecule has 0 aliphatic rings. The van der Waals surface area contributed by atoms with Gasteiger partial charge >= 0.3 is 5.97 Å². The van der Waals surface area contributed by atoms with Crippen molar-refractivity contribution in [1.29, 1.82) is 0 Å². The van der Waals surface area contributed by atoms with Gasteiger partial charge in [-0.15, -0.1) is 0 Å². The Kier molecular flexibility index (Phi) is 3.82. The summed E-state index contributed by atoms with van der Waals surface area (Å²) in [6.07, 6.45) is 1.29. The molecule has 16 heavy (non-hydrogen) atoms. The second kappa shape index (κ2) is 5.11. The van der Waals surface area contributed by atoms with Crippen molar-refractivity contribution >= 4 is 11.9 Å². The van der Waals surface area contributed by atoms with Crippen molar-refractivity contribution in [3.63, 3.8) is 0 Å². The molecule has 0 atom stereocenters. The molecule has 0 aliphatic heterocycles. The third-order valence-electron chi connectivity index (χ3n) is 1.93. The maximum Gasteiger partial charge on any atom is 0.335 e. The van der Waals surface area contributed by atoms with Crippen LogP contribution in [0.1, 0.15) is 17.3 Å². The predicted molar refractivity (Wildman–Crippen MR) is 56.3 cm³/mol. The van der Waals surface area contributed by atoms with Gasteiger partial charge in [-0.1, -0.05) is 0 Å². The molecule has 1 amide bonds. The number of likely N-dealkylation sites (N-methyl/N-ethyl adjacent to an activating group) is 1. The lowest BCUT2D eigenvalue weighted by Gasteiger charge is -2.05. The number of aromatic carboxylic acids is 1. The van der Waals surface area contributed by atoms with Crippen LogP contribution in [0.15, 0.2) is 23.1 Å². The van der Waals surface area contributed by atoms with Gasteiger partial charge in [-0.3, -0.25) is 9.59 Å². The summed E-state index contributed by atoms with van der Waals surface area (Å²) < 4.78 is 1.15. The van der Waals surface area contributed by atoms with Gasteiger partial charge in [0.1, 0.15) is 6.54 Å². The molecule has 6 heteroatoms. The highest BCUT2D eigenvalue weighted by molar-refractivity contribution is 5.87. The number of carboxylic acid groups (broad SMARTS) is 1. The van der Waals surface area contributed by atoms with Crippen molar-refractivity contribution in [3.05, 3.63) is 34.2 Å². The van der Waals surface area contributed by atoms with E-state index in [1.807, 2.05) is 0 Å². The summed E-state index contributed by atoms with van der Waals surface area (Å²) >= 11 is 0. The SMILES string of the molecule is CCNC(=O)Cn1ccc(C(=O)O)cc1=O. The molecular weight excluding hydrogens is 212 g/mol. The van der Waals surface area contributed by atoms with Crippen LogP contribution in [-0.4, -0.2) is 28.1 Å². The molecule has 1 aromatic heterocycles. The molecular formula is C10H12N2O4. The number of hydrogen-bond donors (Lipinski definition) is 2. The highest BCUT2D eigenvalue weighted by atomic mass is 16.4. The molecule has 2 N–H and O–H groups in total. The zero-order valence-corrected chi connectivity index (χ0v) is 8.77. The van der Waals surface area contributed by atoms with Crippen LogP contribution in [0.3, 0.4) is 0 Å². The zero-order valence-electron chi connectivity index (χ0n) is 8.77. The second-order valence-electron chi connectivity index (χ2n) is 3.14. The van der Waals surface area contributed by atoms with E-state index in [0.29, 0.717) is 6.54 Å². The maximum atomic E-state index is 11.4. The third kappa shape index (κ3) is 2.94. The summed E-state index contributed by atoms with van der Waals surface area (Å²) in [4.78, 5) is 33.2. The molecule has 0 bridgehead atoms. The van der Waals surface area contributed by atoms with Crippen LogP contribution < -0.4 is 10.9 Å². The minimum absolute atomic E-state index is 0.0860. The number of carbonyl (C=O) groups excluding carboxylic acids is 1. The van der Waals surface area contributed by atoms with E-state index >= 15 is 0 Å². The number of nitrogens with one attached hydrogen (secondary N) is 1. The van der Waals surface area contributed by atoms with Crippen molar-refractivity contribution in [3.8, 4) is 0 Å². The first kappa shape index (κ1) is 12.0. The van der Waals surface area contributed by atoms with E-state index < -0.39 is 11.5 Å². The van der Waals surface area contributed by atoms with Crippen LogP contribution in [0.25, 0.3) is 0 Å². The molecule has 6 nitrogen and oxygen atoms in total. The molecule has 0 unspecified atom stereocenters. The molecule has 0 aromatic carbocycles. The Morgan fingerprint density at radius 3 is 2.69 bits per heavy atom. The Balaban J connectivity index is 2.88. The number of nitrogens with zero attached hydrogens (tertiary/aromatic N) is 1. The second-order valence-corrected chi connectivity index (χ2v) is 3.14. The molecule has 1 rings (SSSR count). The summed E-state index contributed by atoms with van der Waals surface area (Å²) in [6, 6.07) is 2.27. The van der Waals surface area contributed by atoms with Crippen molar-refractivity contribution in [2.75, 3.05) is 6.54 Å². The van der Waals surface area contributed by atoms with Crippen LogP contribution >= 0.6 is 0 Å². The van der Waals surface area contributed by atoms with Crippen molar-refractivity contribution < 1.29 is 14.7 Å². The molecule has 0 aliphatic carbocycles. The number of rotatable bonds is 4. The van der Waals surface area contributed by atoms with E-state index in [-0.39, 0.29) is 18.0 Å². The fourth-order valence-corrected chi connectivity index (χ4v) is 1.18. The molecule has 0 spiro atoms. The van der Waals surface area contributed by atoms with E-state index in [2.05, 4.69) is 5.32 Å². The fourth-order valence-electron chi connectivity index (χ4n) is 1.18. The third-order valence-corrected chi connectivity index (χ3v) is 1.93. The summed E-state index contributed by atoms with van der Waals surface area (Å²) in [5.41, 5.74) is -0.594. The quantitative estimate of drug-likeness (QED) is 0.733. The van der Waals surface area contributed by atoms with Gasteiger partial charge in [-0.2, -0.15) is 0 Å². The zero-order chi connectivity index (χ0) is 12.1. The molecule has 1 heterocycles. The lowest BCUT2D eigenvalue weighted by molar-refractivity contribution is -0.121. The van der Waals surface area contributed by atoms with Crippen molar-refractivity contribution in [2.45, 2.75) is 13.5 Å². The van der Waals surface area contributed by atoms with Crippen LogP contribution in [-0.2, 0) is 11.3 Å². The minimum Gasteiger partial charge on any atom is -0.478 e. The topological polar surface area (TPSA) is 88.4 Å². The Hall–Kier alpha value is -2.11. The Bertz CT molecular complexity index is 464. The average Bonchev–Trinajstić information content (AvgIpc) is 2.21. The number of aromatic nitrogens is 1. The van der Waals surface area contributed by atoms with Crippen LogP contribution in [0, 0.1) is 0 Å². The van der Waals surface area contributed by atoms with Gasteiger partial charge in [0.05, 0.1) is 5.56 Å². The molecule has 86 valence electrons. The molecule has 0 fully saturated rings. The van der Waals surface area contributed by atoms with Gasteiger partial charge in [0.2, 0.25) is 5.91 Å². The monoisotopic (exact) mass is 224 g/mol. The number of amides is 1. The van der Waals surface area contributed by atoms with Crippen LogP contribution in [0.5, 0.6) is 0 Å². The summed E-state index contributed by atoms with van der Waals surface area (Å²) in [5.74, 6) is -1.45. The first-order chi connectivity index (χ1) is 7.54. The maximum absolute atomic E-state index is 11.4. The Labute approximate surface area is 91.5 Å². The molecule has 0 saturated carbocycles.